The first-order valence-corrected chi connectivity index (χ1v) is 11.9. The molecule has 0 bridgehead atoms. The minimum Gasteiger partial charge on any atom is -0.490 e. The molecular weight excluding hydrogens is 561 g/mol. The lowest BCUT2D eigenvalue weighted by molar-refractivity contribution is -0.385. The van der Waals surface area contributed by atoms with Crippen molar-refractivity contribution < 1.29 is 19.2 Å². The summed E-state index contributed by atoms with van der Waals surface area (Å²) >= 11 is 15.7. The highest BCUT2D eigenvalue weighted by molar-refractivity contribution is 9.10. The predicted octanol–water partition coefficient (Wildman–Crippen LogP) is 6.33. The average Bonchev–Trinajstić information content (AvgIpc) is 2.80. The Kier molecular flexibility index (Phi) is 9.47. The second-order valence-electron chi connectivity index (χ2n) is 7.14. The Morgan fingerprint density at radius 2 is 1.91 bits per heavy atom. The molecule has 0 aliphatic rings. The van der Waals surface area contributed by atoms with Gasteiger partial charge in [-0.15, -0.1) is 0 Å². The summed E-state index contributed by atoms with van der Waals surface area (Å²) in [6, 6.07) is 14.7. The Morgan fingerprint density at radius 1 is 1.14 bits per heavy atom. The van der Waals surface area contributed by atoms with Crippen LogP contribution in [0.25, 0.3) is 0 Å². The van der Waals surface area contributed by atoms with Crippen molar-refractivity contribution in [1.29, 1.82) is 0 Å². The van der Waals surface area contributed by atoms with E-state index in [9.17, 15) is 14.9 Å². The van der Waals surface area contributed by atoms with Crippen LogP contribution in [-0.4, -0.2) is 23.7 Å². The van der Waals surface area contributed by atoms with Gasteiger partial charge < -0.3 is 9.47 Å². The van der Waals surface area contributed by atoms with E-state index in [1.54, 1.807) is 42.5 Å². The molecular formula is C24H20BrCl2N3O5. The van der Waals surface area contributed by atoms with Crippen molar-refractivity contribution in [2.75, 3.05) is 6.61 Å². The van der Waals surface area contributed by atoms with Crippen LogP contribution in [0.3, 0.4) is 0 Å². The maximum Gasteiger partial charge on any atom is 0.273 e. The fourth-order valence-electron chi connectivity index (χ4n) is 3.08. The lowest BCUT2D eigenvalue weighted by Crippen LogP contribution is -2.20. The predicted molar refractivity (Wildman–Crippen MR) is 139 cm³/mol. The van der Waals surface area contributed by atoms with Crippen LogP contribution in [0, 0.1) is 10.1 Å². The fraction of sp³-hybridized carbons (Fsp3) is 0.167. The molecule has 0 fully saturated rings. The Bertz CT molecular complexity index is 1270. The smallest absolute Gasteiger partial charge is 0.273 e. The SMILES string of the molecule is CCOc1cc(/C=N/NC(=O)Cc2ccccc2[N+](=O)[O-])cc(Br)c1OCc1ccc(Cl)cc1Cl. The van der Waals surface area contributed by atoms with Gasteiger partial charge in [0.1, 0.15) is 6.61 Å². The Labute approximate surface area is 220 Å². The fourth-order valence-corrected chi connectivity index (χ4v) is 4.12. The summed E-state index contributed by atoms with van der Waals surface area (Å²) in [5, 5.41) is 16.1. The van der Waals surface area contributed by atoms with Gasteiger partial charge in [-0.1, -0.05) is 47.5 Å². The standard InChI is InChI=1S/C24H20BrCl2N3O5/c1-2-34-22-10-15(9-19(25)24(22)35-14-17-7-8-18(26)12-20(17)27)13-28-29-23(31)11-16-5-3-4-6-21(16)30(32)33/h3-10,12-13H,2,11,14H2,1H3,(H,29,31)/b28-13+. The summed E-state index contributed by atoms with van der Waals surface area (Å²) in [5.41, 5.74) is 3.96. The quantitative estimate of drug-likeness (QED) is 0.171. The molecule has 0 spiro atoms. The van der Waals surface area contributed by atoms with Crippen molar-refractivity contribution >= 4 is 56.9 Å². The number of halogens is 3. The number of nitro benzene ring substituents is 1. The number of benzene rings is 3. The van der Waals surface area contributed by atoms with Crippen LogP contribution in [0.4, 0.5) is 5.69 Å². The number of hydrazone groups is 1. The van der Waals surface area contributed by atoms with Gasteiger partial charge in [0.2, 0.25) is 5.91 Å². The summed E-state index contributed by atoms with van der Waals surface area (Å²) in [6.07, 6.45) is 1.26. The molecule has 11 heteroatoms. The minimum atomic E-state index is -0.525. The molecule has 0 saturated heterocycles. The van der Waals surface area contributed by atoms with Crippen LogP contribution in [0.5, 0.6) is 11.5 Å². The number of rotatable bonds is 10. The van der Waals surface area contributed by atoms with Gasteiger partial charge in [0.25, 0.3) is 5.69 Å². The van der Waals surface area contributed by atoms with Crippen molar-refractivity contribution in [1.82, 2.24) is 5.43 Å². The summed E-state index contributed by atoms with van der Waals surface area (Å²) in [5.74, 6) is 0.467. The van der Waals surface area contributed by atoms with Gasteiger partial charge in [-0.2, -0.15) is 5.10 Å². The number of carbonyl (C=O) groups is 1. The average molecular weight is 581 g/mol. The normalized spacial score (nSPS) is 10.9. The van der Waals surface area contributed by atoms with Gasteiger partial charge in [0, 0.05) is 27.2 Å². The zero-order valence-corrected chi connectivity index (χ0v) is 21.6. The number of hydrogen-bond acceptors (Lipinski definition) is 6. The molecule has 0 aliphatic carbocycles. The molecule has 35 heavy (non-hydrogen) atoms. The molecule has 3 aromatic rings. The highest BCUT2D eigenvalue weighted by Gasteiger charge is 2.16. The highest BCUT2D eigenvalue weighted by Crippen LogP contribution is 2.37. The van der Waals surface area contributed by atoms with Crippen molar-refractivity contribution in [2.24, 2.45) is 5.10 Å². The van der Waals surface area contributed by atoms with E-state index >= 15 is 0 Å². The van der Waals surface area contributed by atoms with Gasteiger partial charge in [-0.05, 0) is 52.7 Å². The maximum absolute atomic E-state index is 12.2. The summed E-state index contributed by atoms with van der Waals surface area (Å²) in [6.45, 7) is 2.44. The molecule has 1 amide bonds. The number of amides is 1. The number of nitro groups is 1. The third-order valence-corrected chi connectivity index (χ3v) is 5.84. The number of nitrogens with one attached hydrogen (secondary N) is 1. The van der Waals surface area contributed by atoms with E-state index < -0.39 is 10.8 Å². The number of para-hydroxylation sites is 1. The van der Waals surface area contributed by atoms with E-state index in [1.165, 1.54) is 18.3 Å². The third-order valence-electron chi connectivity index (χ3n) is 4.66. The minimum absolute atomic E-state index is 0.118. The Morgan fingerprint density at radius 3 is 2.63 bits per heavy atom. The van der Waals surface area contributed by atoms with E-state index in [4.69, 9.17) is 32.7 Å². The van der Waals surface area contributed by atoms with Gasteiger partial charge >= 0.3 is 0 Å². The molecule has 0 aliphatic heterocycles. The molecule has 8 nitrogen and oxygen atoms in total. The van der Waals surface area contributed by atoms with E-state index in [0.29, 0.717) is 43.8 Å². The van der Waals surface area contributed by atoms with E-state index in [-0.39, 0.29) is 18.7 Å². The second-order valence-corrected chi connectivity index (χ2v) is 8.84. The number of nitrogens with zero attached hydrogens (tertiary/aromatic N) is 2. The van der Waals surface area contributed by atoms with Crippen LogP contribution < -0.4 is 14.9 Å². The van der Waals surface area contributed by atoms with Crippen molar-refractivity contribution in [3.8, 4) is 11.5 Å². The molecule has 0 radical (unpaired) electrons. The summed E-state index contributed by atoms with van der Waals surface area (Å²) in [7, 11) is 0. The molecule has 1 N–H and O–H groups in total. The van der Waals surface area contributed by atoms with Crippen LogP contribution in [0.2, 0.25) is 10.0 Å². The van der Waals surface area contributed by atoms with Crippen molar-refractivity contribution in [2.45, 2.75) is 20.0 Å². The Balaban J connectivity index is 1.69. The Hall–Kier alpha value is -3.14. The van der Waals surface area contributed by atoms with Gasteiger partial charge in [0.05, 0.1) is 28.6 Å². The molecule has 3 rings (SSSR count). The highest BCUT2D eigenvalue weighted by atomic mass is 79.9. The van der Waals surface area contributed by atoms with Gasteiger partial charge in [-0.25, -0.2) is 5.43 Å². The lowest BCUT2D eigenvalue weighted by Gasteiger charge is -2.15. The van der Waals surface area contributed by atoms with E-state index in [2.05, 4.69) is 26.5 Å². The zero-order valence-electron chi connectivity index (χ0n) is 18.5. The third kappa shape index (κ3) is 7.42. The lowest BCUT2D eigenvalue weighted by atomic mass is 10.1. The van der Waals surface area contributed by atoms with Gasteiger partial charge in [-0.3, -0.25) is 14.9 Å². The first kappa shape index (κ1) is 26.5. The van der Waals surface area contributed by atoms with E-state index in [0.717, 1.165) is 5.56 Å². The number of ether oxygens (including phenoxy) is 2. The molecule has 0 aromatic heterocycles. The van der Waals surface area contributed by atoms with E-state index in [1.807, 2.05) is 6.92 Å². The van der Waals surface area contributed by atoms with Crippen LogP contribution in [-0.2, 0) is 17.8 Å². The first-order chi connectivity index (χ1) is 16.8. The van der Waals surface area contributed by atoms with Crippen molar-refractivity contribution in [3.63, 3.8) is 0 Å². The molecule has 0 saturated carbocycles. The van der Waals surface area contributed by atoms with Crippen LogP contribution in [0.15, 0.2) is 64.2 Å². The maximum atomic E-state index is 12.2. The van der Waals surface area contributed by atoms with Crippen LogP contribution >= 0.6 is 39.1 Å². The zero-order chi connectivity index (χ0) is 25.4. The molecule has 3 aromatic carbocycles. The topological polar surface area (TPSA) is 103 Å². The van der Waals surface area contributed by atoms with Gasteiger partial charge in [0.15, 0.2) is 11.5 Å². The summed E-state index contributed by atoms with van der Waals surface area (Å²) < 4.78 is 12.3. The molecule has 0 atom stereocenters. The number of hydrogen-bond donors (Lipinski definition) is 1. The molecule has 182 valence electrons. The first-order valence-electron chi connectivity index (χ1n) is 10.4. The van der Waals surface area contributed by atoms with Crippen LogP contribution in [0.1, 0.15) is 23.6 Å². The summed E-state index contributed by atoms with van der Waals surface area (Å²) in [4.78, 5) is 22.8. The number of carbonyl (C=O) groups excluding carboxylic acids is 1. The molecule has 0 heterocycles. The molecule has 0 unspecified atom stereocenters. The monoisotopic (exact) mass is 579 g/mol. The largest absolute Gasteiger partial charge is 0.490 e. The van der Waals surface area contributed by atoms with Crippen molar-refractivity contribution in [3.05, 3.63) is 95.9 Å². The second kappa shape index (κ2) is 12.5.